The Morgan fingerprint density at radius 1 is 1.23 bits per heavy atom. The van der Waals surface area contributed by atoms with Gasteiger partial charge in [0.15, 0.2) is 6.79 Å². The van der Waals surface area contributed by atoms with Gasteiger partial charge in [-0.05, 0) is 12.3 Å². The summed E-state index contributed by atoms with van der Waals surface area (Å²) in [6.45, 7) is 3.33. The van der Waals surface area contributed by atoms with Crippen molar-refractivity contribution in [2.45, 2.75) is 20.3 Å². The second-order valence-electron chi connectivity index (χ2n) is 2.88. The van der Waals surface area contributed by atoms with Crippen LogP contribution >= 0.6 is 0 Å². The minimum Gasteiger partial charge on any atom is -0.457 e. The van der Waals surface area contributed by atoms with Crippen LogP contribution < -0.4 is 0 Å². The predicted molar refractivity (Wildman–Crippen MR) is 43.6 cm³/mol. The smallest absolute Gasteiger partial charge is 0.419 e. The first kappa shape index (κ1) is 11.9. The largest absolute Gasteiger partial charge is 0.457 e. The van der Waals surface area contributed by atoms with Crippen LogP contribution in [0.25, 0.3) is 0 Å². The quantitative estimate of drug-likeness (QED) is 0.386. The van der Waals surface area contributed by atoms with E-state index in [4.69, 9.17) is 5.11 Å². The van der Waals surface area contributed by atoms with Gasteiger partial charge in [-0.2, -0.15) is 0 Å². The first-order valence-electron chi connectivity index (χ1n) is 4.02. The minimum atomic E-state index is -1.16. The van der Waals surface area contributed by atoms with Crippen molar-refractivity contribution < 1.29 is 24.2 Å². The molecule has 0 heterocycles. The summed E-state index contributed by atoms with van der Waals surface area (Å²) in [4.78, 5) is 21.3. The van der Waals surface area contributed by atoms with Crippen LogP contribution in [0.4, 0.5) is 0 Å². The normalized spacial score (nSPS) is 9.85. The monoisotopic (exact) mass is 190 g/mol. The maximum absolute atomic E-state index is 10.7. The zero-order chi connectivity index (χ0) is 10.3. The standard InChI is InChI=1S/C8H14O5/c1-6(2)3-4-12-7(10)8(11)13-5-9/h6,9H,3-5H2,1-2H3. The summed E-state index contributed by atoms with van der Waals surface area (Å²) in [5, 5.41) is 8.15. The molecule has 0 aliphatic heterocycles. The molecule has 0 saturated heterocycles. The van der Waals surface area contributed by atoms with Gasteiger partial charge in [-0.25, -0.2) is 9.59 Å². The SMILES string of the molecule is CC(C)CCOC(=O)C(=O)OCO. The van der Waals surface area contributed by atoms with E-state index in [1.54, 1.807) is 0 Å². The van der Waals surface area contributed by atoms with E-state index in [1.165, 1.54) is 0 Å². The lowest BCUT2D eigenvalue weighted by molar-refractivity contribution is -0.172. The molecule has 13 heavy (non-hydrogen) atoms. The van der Waals surface area contributed by atoms with E-state index in [9.17, 15) is 9.59 Å². The van der Waals surface area contributed by atoms with Gasteiger partial charge in [0.1, 0.15) is 0 Å². The summed E-state index contributed by atoms with van der Waals surface area (Å²) >= 11 is 0. The lowest BCUT2D eigenvalue weighted by atomic mass is 10.1. The van der Waals surface area contributed by atoms with Gasteiger partial charge in [0.25, 0.3) is 0 Å². The lowest BCUT2D eigenvalue weighted by Crippen LogP contribution is -2.21. The molecule has 0 amide bonds. The molecule has 0 aliphatic carbocycles. The van der Waals surface area contributed by atoms with Gasteiger partial charge in [-0.3, -0.25) is 0 Å². The van der Waals surface area contributed by atoms with E-state index in [2.05, 4.69) is 9.47 Å². The fourth-order valence-corrected chi connectivity index (χ4v) is 0.564. The molecule has 0 radical (unpaired) electrons. The van der Waals surface area contributed by atoms with Crippen molar-refractivity contribution in [3.05, 3.63) is 0 Å². The Hall–Kier alpha value is -1.10. The number of hydrogen-bond acceptors (Lipinski definition) is 5. The van der Waals surface area contributed by atoms with Crippen molar-refractivity contribution >= 4 is 11.9 Å². The Balaban J connectivity index is 3.56. The van der Waals surface area contributed by atoms with Crippen molar-refractivity contribution in [2.24, 2.45) is 5.92 Å². The molecule has 0 rings (SSSR count). The number of carbonyl (C=O) groups excluding carboxylic acids is 2. The molecule has 0 spiro atoms. The molecule has 76 valence electrons. The molecule has 0 aromatic rings. The maximum atomic E-state index is 10.7. The van der Waals surface area contributed by atoms with Crippen LogP contribution in [0.2, 0.25) is 0 Å². The highest BCUT2D eigenvalue weighted by molar-refractivity contribution is 6.29. The van der Waals surface area contributed by atoms with Crippen molar-refractivity contribution in [1.82, 2.24) is 0 Å². The molecular weight excluding hydrogens is 176 g/mol. The van der Waals surface area contributed by atoms with Gasteiger partial charge >= 0.3 is 11.9 Å². The van der Waals surface area contributed by atoms with Crippen molar-refractivity contribution in [2.75, 3.05) is 13.4 Å². The summed E-state index contributed by atoms with van der Waals surface area (Å²) in [5.41, 5.74) is 0. The number of aliphatic hydroxyl groups excluding tert-OH is 1. The zero-order valence-corrected chi connectivity index (χ0v) is 7.78. The van der Waals surface area contributed by atoms with Crippen LogP contribution in [-0.2, 0) is 19.1 Å². The van der Waals surface area contributed by atoms with Gasteiger partial charge in [0, 0.05) is 0 Å². The van der Waals surface area contributed by atoms with Crippen LogP contribution in [0.3, 0.4) is 0 Å². The third-order valence-electron chi connectivity index (χ3n) is 1.29. The molecule has 0 aliphatic rings. The van der Waals surface area contributed by atoms with Crippen molar-refractivity contribution in [3.8, 4) is 0 Å². The minimum absolute atomic E-state index is 0.191. The van der Waals surface area contributed by atoms with Crippen LogP contribution in [0.5, 0.6) is 0 Å². The molecule has 0 fully saturated rings. The van der Waals surface area contributed by atoms with Gasteiger partial charge in [-0.15, -0.1) is 0 Å². The number of aliphatic hydroxyl groups is 1. The molecule has 1 N–H and O–H groups in total. The molecular formula is C8H14O5. The van der Waals surface area contributed by atoms with E-state index < -0.39 is 18.7 Å². The van der Waals surface area contributed by atoms with E-state index >= 15 is 0 Å². The zero-order valence-electron chi connectivity index (χ0n) is 7.78. The van der Waals surface area contributed by atoms with Crippen LogP contribution in [0.1, 0.15) is 20.3 Å². The molecule has 0 saturated carbocycles. The van der Waals surface area contributed by atoms with E-state index in [-0.39, 0.29) is 6.61 Å². The molecule has 0 unspecified atom stereocenters. The van der Waals surface area contributed by atoms with Crippen LogP contribution in [0.15, 0.2) is 0 Å². The number of hydrogen-bond donors (Lipinski definition) is 1. The Labute approximate surface area is 76.6 Å². The number of esters is 2. The predicted octanol–water partition coefficient (Wildman–Crippen LogP) is 0.0687. The van der Waals surface area contributed by atoms with E-state index in [0.717, 1.165) is 0 Å². The van der Waals surface area contributed by atoms with Gasteiger partial charge in [0.05, 0.1) is 6.61 Å². The third kappa shape index (κ3) is 6.10. The summed E-state index contributed by atoms with van der Waals surface area (Å²) in [6.07, 6.45) is 0.693. The second-order valence-corrected chi connectivity index (χ2v) is 2.88. The average molecular weight is 190 g/mol. The fourth-order valence-electron chi connectivity index (χ4n) is 0.564. The van der Waals surface area contributed by atoms with Crippen LogP contribution in [-0.4, -0.2) is 30.4 Å². The number of ether oxygens (including phenoxy) is 2. The Bertz CT molecular complexity index is 175. The van der Waals surface area contributed by atoms with E-state index in [0.29, 0.717) is 12.3 Å². The summed E-state index contributed by atoms with van der Waals surface area (Å²) in [5.74, 6) is -1.82. The number of rotatable bonds is 4. The molecule has 0 aromatic carbocycles. The third-order valence-corrected chi connectivity index (χ3v) is 1.29. The van der Waals surface area contributed by atoms with Gasteiger partial charge in [0.2, 0.25) is 0 Å². The van der Waals surface area contributed by atoms with Crippen molar-refractivity contribution in [3.63, 3.8) is 0 Å². The summed E-state index contributed by atoms with van der Waals surface area (Å²) in [6, 6.07) is 0. The first-order valence-corrected chi connectivity index (χ1v) is 4.02. The molecule has 0 bridgehead atoms. The highest BCUT2D eigenvalue weighted by Gasteiger charge is 2.16. The second kappa shape index (κ2) is 6.42. The molecule has 0 atom stereocenters. The Morgan fingerprint density at radius 2 is 1.77 bits per heavy atom. The van der Waals surface area contributed by atoms with Crippen LogP contribution in [0, 0.1) is 5.92 Å². The Kier molecular flexibility index (Phi) is 5.88. The lowest BCUT2D eigenvalue weighted by Gasteiger charge is -2.05. The summed E-state index contributed by atoms with van der Waals surface area (Å²) < 4.78 is 8.55. The average Bonchev–Trinajstić information content (AvgIpc) is 2.04. The topological polar surface area (TPSA) is 72.8 Å². The highest BCUT2D eigenvalue weighted by atomic mass is 16.6. The van der Waals surface area contributed by atoms with Gasteiger partial charge in [-0.1, -0.05) is 13.8 Å². The maximum Gasteiger partial charge on any atom is 0.419 e. The first-order chi connectivity index (χ1) is 6.07. The summed E-state index contributed by atoms with van der Waals surface area (Å²) in [7, 11) is 0. The van der Waals surface area contributed by atoms with E-state index in [1.807, 2.05) is 13.8 Å². The van der Waals surface area contributed by atoms with Gasteiger partial charge < -0.3 is 14.6 Å². The van der Waals surface area contributed by atoms with Crippen molar-refractivity contribution in [1.29, 1.82) is 0 Å². The molecule has 0 aromatic heterocycles. The highest BCUT2D eigenvalue weighted by Crippen LogP contribution is 1.99. The molecule has 5 nitrogen and oxygen atoms in total. The Morgan fingerprint density at radius 3 is 2.23 bits per heavy atom. The molecule has 5 heteroatoms. The fraction of sp³-hybridized carbons (Fsp3) is 0.750. The number of carbonyl (C=O) groups is 2.